The molecule has 0 saturated heterocycles. The Labute approximate surface area is 110 Å². The van der Waals surface area contributed by atoms with Crippen LogP contribution < -0.4 is 5.32 Å². The second-order valence-corrected chi connectivity index (χ2v) is 4.89. The van der Waals surface area contributed by atoms with Crippen LogP contribution in [0.25, 0.3) is 0 Å². The molecule has 2 rings (SSSR count). The van der Waals surface area contributed by atoms with E-state index >= 15 is 0 Å². The molecule has 0 heterocycles. The molecule has 1 saturated carbocycles. The maximum absolute atomic E-state index is 13.7. The van der Waals surface area contributed by atoms with Gasteiger partial charge in [0.2, 0.25) is 0 Å². The lowest BCUT2D eigenvalue weighted by atomic mass is 9.74. The molecule has 1 aromatic rings. The molecule has 1 aliphatic carbocycles. The first-order chi connectivity index (χ1) is 8.98. The van der Waals surface area contributed by atoms with Crippen molar-refractivity contribution in [2.75, 3.05) is 11.9 Å². The Morgan fingerprint density at radius 3 is 2.53 bits per heavy atom. The smallest absolute Gasteiger partial charge is 0.191 e. The largest absolute Gasteiger partial charge is 0.388 e. The van der Waals surface area contributed by atoms with E-state index in [1.54, 1.807) is 6.07 Å². The Balaban J connectivity index is 2.21. The Hall–Kier alpha value is -1.75. The fraction of sp³-hybridized carbons (Fsp3) is 0.429. The zero-order chi connectivity index (χ0) is 14.0. The molecular formula is C14H16FNO3. The number of hydrogen-bond donors (Lipinski definition) is 2. The Bertz CT molecular complexity index is 523. The van der Waals surface area contributed by atoms with Gasteiger partial charge in [0.05, 0.1) is 11.1 Å². The monoisotopic (exact) mass is 265 g/mol. The van der Waals surface area contributed by atoms with E-state index in [2.05, 4.69) is 5.32 Å². The molecule has 1 aromatic carbocycles. The summed E-state index contributed by atoms with van der Waals surface area (Å²) in [4.78, 5) is 22.9. The lowest BCUT2D eigenvalue weighted by Gasteiger charge is -2.41. The summed E-state index contributed by atoms with van der Waals surface area (Å²) in [6, 6.07) is 4.06. The number of carbonyl (C=O) groups excluding carboxylic acids is 2. The van der Waals surface area contributed by atoms with E-state index in [1.165, 1.54) is 19.1 Å². The van der Waals surface area contributed by atoms with Gasteiger partial charge < -0.3 is 10.4 Å². The van der Waals surface area contributed by atoms with Crippen molar-refractivity contribution in [2.45, 2.75) is 31.7 Å². The Kier molecular flexibility index (Phi) is 3.66. The molecule has 1 fully saturated rings. The molecule has 0 atom stereocenters. The van der Waals surface area contributed by atoms with Crippen LogP contribution >= 0.6 is 0 Å². The predicted molar refractivity (Wildman–Crippen MR) is 68.7 cm³/mol. The first-order valence-electron chi connectivity index (χ1n) is 6.21. The second kappa shape index (κ2) is 5.09. The van der Waals surface area contributed by atoms with E-state index < -0.39 is 23.7 Å². The van der Waals surface area contributed by atoms with E-state index in [0.717, 1.165) is 19.3 Å². The number of aliphatic hydroxyl groups is 1. The maximum atomic E-state index is 13.7. The van der Waals surface area contributed by atoms with Crippen LogP contribution in [0.4, 0.5) is 10.1 Å². The highest BCUT2D eigenvalue weighted by atomic mass is 19.1. The third-order valence-electron chi connectivity index (χ3n) is 3.68. The summed E-state index contributed by atoms with van der Waals surface area (Å²) in [5.41, 5.74) is -0.255. The van der Waals surface area contributed by atoms with Crippen LogP contribution in [-0.4, -0.2) is 28.8 Å². The predicted octanol–water partition coefficient (Wildman–Crippen LogP) is 1.92. The van der Waals surface area contributed by atoms with Gasteiger partial charge in [-0.1, -0.05) is 0 Å². The van der Waals surface area contributed by atoms with Crippen LogP contribution in [0.5, 0.6) is 0 Å². The summed E-state index contributed by atoms with van der Waals surface area (Å²) in [6.07, 6.45) is 2.44. The number of halogens is 1. The number of carbonyl (C=O) groups is 2. The van der Waals surface area contributed by atoms with Crippen LogP contribution in [0.2, 0.25) is 0 Å². The minimum absolute atomic E-state index is 0.0367. The van der Waals surface area contributed by atoms with Gasteiger partial charge in [-0.3, -0.25) is 9.59 Å². The highest BCUT2D eigenvalue weighted by molar-refractivity contribution is 5.97. The van der Waals surface area contributed by atoms with Crippen molar-refractivity contribution in [3.05, 3.63) is 29.6 Å². The van der Waals surface area contributed by atoms with E-state index in [1.807, 2.05) is 0 Å². The molecule has 0 radical (unpaired) electrons. The molecule has 0 bridgehead atoms. The number of ketones is 2. The van der Waals surface area contributed by atoms with Crippen LogP contribution in [0.3, 0.4) is 0 Å². The highest BCUT2D eigenvalue weighted by Crippen LogP contribution is 2.36. The number of anilines is 1. The Morgan fingerprint density at radius 2 is 2.11 bits per heavy atom. The fourth-order valence-electron chi connectivity index (χ4n) is 2.28. The minimum Gasteiger partial charge on any atom is -0.388 e. The standard InChI is InChI=1S/C14H16FNO3/c1-9(18)14(5-2-6-14)16-10-3-4-11(12(15)7-10)13(19)8-17/h3-4,7,16-17H,2,5-6,8H2,1H3. The summed E-state index contributed by atoms with van der Waals surface area (Å²) >= 11 is 0. The summed E-state index contributed by atoms with van der Waals surface area (Å²) in [6.45, 7) is 0.799. The molecule has 0 unspecified atom stereocenters. The third-order valence-corrected chi connectivity index (χ3v) is 3.68. The molecule has 0 amide bonds. The van der Waals surface area contributed by atoms with Crippen molar-refractivity contribution in [3.63, 3.8) is 0 Å². The molecule has 0 aromatic heterocycles. The van der Waals surface area contributed by atoms with Crippen molar-refractivity contribution < 1.29 is 19.1 Å². The van der Waals surface area contributed by atoms with Crippen molar-refractivity contribution >= 4 is 17.3 Å². The van der Waals surface area contributed by atoms with Crippen molar-refractivity contribution in [2.24, 2.45) is 0 Å². The van der Waals surface area contributed by atoms with Gasteiger partial charge in [0.15, 0.2) is 11.6 Å². The van der Waals surface area contributed by atoms with Gasteiger partial charge in [-0.05, 0) is 44.4 Å². The first-order valence-corrected chi connectivity index (χ1v) is 6.21. The molecule has 102 valence electrons. The van der Waals surface area contributed by atoms with Crippen molar-refractivity contribution in [1.82, 2.24) is 0 Å². The van der Waals surface area contributed by atoms with Crippen LogP contribution in [0, 0.1) is 5.82 Å². The van der Waals surface area contributed by atoms with E-state index in [9.17, 15) is 14.0 Å². The topological polar surface area (TPSA) is 66.4 Å². The lowest BCUT2D eigenvalue weighted by Crippen LogP contribution is -2.51. The summed E-state index contributed by atoms with van der Waals surface area (Å²) in [5.74, 6) is -1.31. The molecule has 1 aliphatic rings. The first kappa shape index (κ1) is 13.7. The van der Waals surface area contributed by atoms with Gasteiger partial charge in [-0.15, -0.1) is 0 Å². The fourth-order valence-corrected chi connectivity index (χ4v) is 2.28. The zero-order valence-corrected chi connectivity index (χ0v) is 10.7. The van der Waals surface area contributed by atoms with E-state index in [-0.39, 0.29) is 11.3 Å². The maximum Gasteiger partial charge on any atom is 0.191 e. The second-order valence-electron chi connectivity index (χ2n) is 4.89. The van der Waals surface area contributed by atoms with Gasteiger partial charge in [0.1, 0.15) is 12.4 Å². The van der Waals surface area contributed by atoms with Gasteiger partial charge in [0.25, 0.3) is 0 Å². The van der Waals surface area contributed by atoms with Crippen molar-refractivity contribution in [3.8, 4) is 0 Å². The van der Waals surface area contributed by atoms with Gasteiger partial charge in [-0.2, -0.15) is 0 Å². The average molecular weight is 265 g/mol. The molecule has 0 aliphatic heterocycles. The van der Waals surface area contributed by atoms with Gasteiger partial charge in [-0.25, -0.2) is 4.39 Å². The van der Waals surface area contributed by atoms with E-state index in [4.69, 9.17) is 5.11 Å². The highest BCUT2D eigenvalue weighted by Gasteiger charge is 2.41. The quantitative estimate of drug-likeness (QED) is 0.798. The van der Waals surface area contributed by atoms with Crippen LogP contribution in [0.1, 0.15) is 36.5 Å². The van der Waals surface area contributed by atoms with E-state index in [0.29, 0.717) is 5.69 Å². The zero-order valence-electron chi connectivity index (χ0n) is 10.7. The van der Waals surface area contributed by atoms with Crippen LogP contribution in [0.15, 0.2) is 18.2 Å². The summed E-state index contributed by atoms with van der Waals surface area (Å²) in [7, 11) is 0. The van der Waals surface area contributed by atoms with Crippen molar-refractivity contribution in [1.29, 1.82) is 0 Å². The third kappa shape index (κ3) is 2.51. The summed E-state index contributed by atoms with van der Waals surface area (Å²) in [5, 5.41) is 11.8. The summed E-state index contributed by atoms with van der Waals surface area (Å²) < 4.78 is 13.7. The molecule has 4 nitrogen and oxygen atoms in total. The van der Waals surface area contributed by atoms with Gasteiger partial charge in [0, 0.05) is 5.69 Å². The van der Waals surface area contributed by atoms with Crippen LogP contribution in [-0.2, 0) is 4.79 Å². The average Bonchev–Trinajstić information content (AvgIpc) is 2.32. The minimum atomic E-state index is -0.721. The normalized spacial score (nSPS) is 16.6. The number of benzene rings is 1. The molecular weight excluding hydrogens is 249 g/mol. The molecule has 19 heavy (non-hydrogen) atoms. The molecule has 0 spiro atoms. The lowest BCUT2D eigenvalue weighted by molar-refractivity contribution is -0.123. The number of nitrogens with one attached hydrogen (secondary N) is 1. The molecule has 2 N–H and O–H groups in total. The SMILES string of the molecule is CC(=O)C1(Nc2ccc(C(=O)CO)c(F)c2)CCC1. The van der Waals surface area contributed by atoms with Gasteiger partial charge >= 0.3 is 0 Å². The Morgan fingerprint density at radius 1 is 1.42 bits per heavy atom. The number of rotatable bonds is 5. The number of Topliss-reactive ketones (excluding diaryl/α,β-unsaturated/α-hetero) is 2. The molecule has 5 heteroatoms. The number of aliphatic hydroxyl groups excluding tert-OH is 1. The number of hydrogen-bond acceptors (Lipinski definition) is 4.